The van der Waals surface area contributed by atoms with Gasteiger partial charge < -0.3 is 4.74 Å². The van der Waals surface area contributed by atoms with E-state index < -0.39 is 23.9 Å². The zero-order valence-electron chi connectivity index (χ0n) is 13.2. The van der Waals surface area contributed by atoms with Gasteiger partial charge >= 0.3 is 5.97 Å². The van der Waals surface area contributed by atoms with E-state index in [4.69, 9.17) is 4.74 Å². The van der Waals surface area contributed by atoms with Crippen molar-refractivity contribution in [2.75, 3.05) is 0 Å². The highest BCUT2D eigenvalue weighted by atomic mass is 32.1. The number of hydrogen-bond donors (Lipinski definition) is 2. The van der Waals surface area contributed by atoms with Crippen LogP contribution in [0.15, 0.2) is 47.8 Å². The SMILES string of the molecule is C[C@H](OC(=O)CCc1cccs1)C(=O)NNC(=O)c1ccccc1. The lowest BCUT2D eigenvalue weighted by Crippen LogP contribution is -2.46. The van der Waals surface area contributed by atoms with Crippen molar-refractivity contribution in [3.8, 4) is 0 Å². The Morgan fingerprint density at radius 1 is 1.08 bits per heavy atom. The number of ether oxygens (including phenoxy) is 1. The van der Waals surface area contributed by atoms with Crippen molar-refractivity contribution in [2.45, 2.75) is 25.9 Å². The molecule has 0 aliphatic carbocycles. The Bertz CT molecular complexity index is 686. The van der Waals surface area contributed by atoms with Crippen LogP contribution in [0.1, 0.15) is 28.6 Å². The maximum atomic E-state index is 11.8. The molecule has 1 aromatic carbocycles. The summed E-state index contributed by atoms with van der Waals surface area (Å²) >= 11 is 1.56. The standard InChI is InChI=1S/C17H18N2O4S/c1-12(23-15(20)10-9-14-8-5-11-24-14)16(21)18-19-17(22)13-6-3-2-4-7-13/h2-8,11-12H,9-10H2,1H3,(H,18,21)(H,19,22)/t12-/m0/s1. The van der Waals surface area contributed by atoms with E-state index in [1.807, 2.05) is 17.5 Å². The van der Waals surface area contributed by atoms with E-state index in [1.165, 1.54) is 6.92 Å². The Labute approximate surface area is 143 Å². The second kappa shape index (κ2) is 8.83. The summed E-state index contributed by atoms with van der Waals surface area (Å²) in [6.45, 7) is 1.45. The van der Waals surface area contributed by atoms with E-state index in [0.29, 0.717) is 12.0 Å². The van der Waals surface area contributed by atoms with Crippen LogP contribution in [0.3, 0.4) is 0 Å². The second-order valence-corrected chi connectivity index (χ2v) is 6.05. The summed E-state index contributed by atoms with van der Waals surface area (Å²) in [5.74, 6) is -1.50. The van der Waals surface area contributed by atoms with Gasteiger partial charge in [-0.1, -0.05) is 24.3 Å². The Balaban J connectivity index is 1.71. The molecule has 7 heteroatoms. The van der Waals surface area contributed by atoms with Crippen LogP contribution in [-0.2, 0) is 20.7 Å². The highest BCUT2D eigenvalue weighted by Crippen LogP contribution is 2.11. The van der Waals surface area contributed by atoms with Crippen molar-refractivity contribution >= 4 is 29.1 Å². The molecule has 24 heavy (non-hydrogen) atoms. The van der Waals surface area contributed by atoms with E-state index in [2.05, 4.69) is 10.9 Å². The number of hydrogen-bond acceptors (Lipinski definition) is 5. The normalized spacial score (nSPS) is 11.4. The number of aryl methyl sites for hydroxylation is 1. The number of carbonyl (C=O) groups excluding carboxylic acids is 3. The summed E-state index contributed by atoms with van der Waals surface area (Å²) in [5.41, 5.74) is 4.94. The van der Waals surface area contributed by atoms with Crippen molar-refractivity contribution in [2.24, 2.45) is 0 Å². The fourth-order valence-electron chi connectivity index (χ4n) is 1.87. The third kappa shape index (κ3) is 5.51. The number of thiophene rings is 1. The molecule has 2 rings (SSSR count). The number of benzene rings is 1. The third-order valence-electron chi connectivity index (χ3n) is 3.17. The molecule has 1 aromatic heterocycles. The molecule has 0 fully saturated rings. The molecule has 1 atom stereocenters. The van der Waals surface area contributed by atoms with Gasteiger partial charge in [0.05, 0.1) is 6.42 Å². The zero-order valence-corrected chi connectivity index (χ0v) is 14.0. The summed E-state index contributed by atoms with van der Waals surface area (Å²) < 4.78 is 5.05. The maximum absolute atomic E-state index is 11.8. The van der Waals surface area contributed by atoms with Gasteiger partial charge in [-0.2, -0.15) is 0 Å². The molecule has 0 bridgehead atoms. The summed E-state index contributed by atoms with van der Waals surface area (Å²) in [6, 6.07) is 12.3. The molecule has 0 saturated carbocycles. The van der Waals surface area contributed by atoms with Crippen molar-refractivity contribution in [1.82, 2.24) is 10.9 Å². The molecular weight excluding hydrogens is 328 g/mol. The second-order valence-electron chi connectivity index (χ2n) is 5.02. The zero-order chi connectivity index (χ0) is 17.4. The molecule has 0 saturated heterocycles. The van der Waals surface area contributed by atoms with Crippen molar-refractivity contribution in [3.63, 3.8) is 0 Å². The third-order valence-corrected chi connectivity index (χ3v) is 4.10. The molecule has 0 aliphatic rings. The number of carbonyl (C=O) groups is 3. The highest BCUT2D eigenvalue weighted by molar-refractivity contribution is 7.09. The molecule has 0 unspecified atom stereocenters. The van der Waals surface area contributed by atoms with Gasteiger partial charge in [0.2, 0.25) is 0 Å². The fourth-order valence-corrected chi connectivity index (χ4v) is 2.58. The van der Waals surface area contributed by atoms with Gasteiger partial charge in [0, 0.05) is 10.4 Å². The first-order valence-electron chi connectivity index (χ1n) is 7.43. The van der Waals surface area contributed by atoms with Crippen LogP contribution in [0.4, 0.5) is 0 Å². The summed E-state index contributed by atoms with van der Waals surface area (Å²) in [5, 5.41) is 1.94. The summed E-state index contributed by atoms with van der Waals surface area (Å²) in [7, 11) is 0. The number of esters is 1. The summed E-state index contributed by atoms with van der Waals surface area (Å²) in [4.78, 5) is 36.5. The Kier molecular flexibility index (Phi) is 6.51. The number of amides is 2. The van der Waals surface area contributed by atoms with Gasteiger partial charge in [-0.15, -0.1) is 11.3 Å². The van der Waals surface area contributed by atoms with Gasteiger partial charge in [0.1, 0.15) is 0 Å². The number of rotatable bonds is 6. The lowest BCUT2D eigenvalue weighted by Gasteiger charge is -2.14. The monoisotopic (exact) mass is 346 g/mol. The fraction of sp³-hybridized carbons (Fsp3) is 0.235. The van der Waals surface area contributed by atoms with Crippen LogP contribution in [0.25, 0.3) is 0 Å². The molecule has 0 spiro atoms. The topological polar surface area (TPSA) is 84.5 Å². The summed E-state index contributed by atoms with van der Waals surface area (Å²) in [6.07, 6.45) is -0.207. The maximum Gasteiger partial charge on any atom is 0.306 e. The molecule has 2 amide bonds. The lowest BCUT2D eigenvalue weighted by molar-refractivity contribution is -0.155. The molecule has 2 N–H and O–H groups in total. The van der Waals surface area contributed by atoms with Crippen molar-refractivity contribution < 1.29 is 19.1 Å². The molecule has 0 aliphatic heterocycles. The van der Waals surface area contributed by atoms with Crippen LogP contribution >= 0.6 is 11.3 Å². The van der Waals surface area contributed by atoms with Gasteiger partial charge in [0.25, 0.3) is 11.8 Å². The number of hydrazine groups is 1. The average Bonchev–Trinajstić information content (AvgIpc) is 3.11. The van der Waals surface area contributed by atoms with Gasteiger partial charge in [-0.25, -0.2) is 0 Å². The minimum Gasteiger partial charge on any atom is -0.452 e. The van der Waals surface area contributed by atoms with Gasteiger partial charge in [0.15, 0.2) is 6.10 Å². The molecule has 2 aromatic rings. The van der Waals surface area contributed by atoms with E-state index in [1.54, 1.807) is 41.7 Å². The van der Waals surface area contributed by atoms with E-state index in [9.17, 15) is 14.4 Å². The van der Waals surface area contributed by atoms with Crippen LogP contribution in [0.2, 0.25) is 0 Å². The Morgan fingerprint density at radius 3 is 2.50 bits per heavy atom. The smallest absolute Gasteiger partial charge is 0.306 e. The van der Waals surface area contributed by atoms with Crippen LogP contribution in [-0.4, -0.2) is 23.9 Å². The molecule has 1 heterocycles. The van der Waals surface area contributed by atoms with E-state index in [-0.39, 0.29) is 6.42 Å². The molecular formula is C17H18N2O4S. The first-order valence-corrected chi connectivity index (χ1v) is 8.31. The van der Waals surface area contributed by atoms with Gasteiger partial charge in [-0.3, -0.25) is 25.2 Å². The van der Waals surface area contributed by atoms with E-state index >= 15 is 0 Å². The Morgan fingerprint density at radius 2 is 1.83 bits per heavy atom. The molecule has 0 radical (unpaired) electrons. The van der Waals surface area contributed by atoms with Crippen LogP contribution in [0.5, 0.6) is 0 Å². The minimum atomic E-state index is -0.989. The molecule has 126 valence electrons. The highest BCUT2D eigenvalue weighted by Gasteiger charge is 2.18. The quantitative estimate of drug-likeness (QED) is 0.619. The molecule has 6 nitrogen and oxygen atoms in total. The first-order chi connectivity index (χ1) is 11.6. The predicted molar refractivity (Wildman–Crippen MR) is 90.2 cm³/mol. The first kappa shape index (κ1) is 17.7. The van der Waals surface area contributed by atoms with Crippen LogP contribution in [0, 0.1) is 0 Å². The average molecular weight is 346 g/mol. The minimum absolute atomic E-state index is 0.203. The van der Waals surface area contributed by atoms with Crippen molar-refractivity contribution in [3.05, 3.63) is 58.3 Å². The lowest BCUT2D eigenvalue weighted by atomic mass is 10.2. The number of nitrogens with one attached hydrogen (secondary N) is 2. The largest absolute Gasteiger partial charge is 0.452 e. The van der Waals surface area contributed by atoms with Crippen molar-refractivity contribution in [1.29, 1.82) is 0 Å². The predicted octanol–water partition coefficient (Wildman–Crippen LogP) is 2.07. The Hall–Kier alpha value is -2.67. The van der Waals surface area contributed by atoms with Gasteiger partial charge in [-0.05, 0) is 36.9 Å². The van der Waals surface area contributed by atoms with E-state index in [0.717, 1.165) is 4.88 Å². The van der Waals surface area contributed by atoms with Crippen LogP contribution < -0.4 is 10.9 Å².